The third-order valence-corrected chi connectivity index (χ3v) is 3.40. The van der Waals surface area contributed by atoms with E-state index in [0.717, 1.165) is 17.7 Å². The molecule has 5 heteroatoms. The minimum atomic E-state index is -1.53. The first-order chi connectivity index (χ1) is 9.85. The Hall–Kier alpha value is -1.88. The molecule has 1 atom stereocenters. The van der Waals surface area contributed by atoms with Crippen LogP contribution in [0.4, 0.5) is 17.6 Å². The minimum absolute atomic E-state index is 0.125. The lowest BCUT2D eigenvalue weighted by atomic mass is 9.93. The molecule has 0 aromatic heterocycles. The van der Waals surface area contributed by atoms with E-state index in [2.05, 4.69) is 5.32 Å². The van der Waals surface area contributed by atoms with Gasteiger partial charge in [-0.1, -0.05) is 6.07 Å². The van der Waals surface area contributed by atoms with E-state index in [4.69, 9.17) is 0 Å². The number of benzene rings is 2. The molecule has 0 aliphatic rings. The van der Waals surface area contributed by atoms with Crippen LogP contribution in [0.25, 0.3) is 0 Å². The Balaban J connectivity index is 2.60. The Kier molecular flexibility index (Phi) is 4.32. The molecule has 0 spiro atoms. The van der Waals surface area contributed by atoms with Crippen LogP contribution in [0.5, 0.6) is 0 Å². The maximum Gasteiger partial charge on any atom is 0.194 e. The summed E-state index contributed by atoms with van der Waals surface area (Å²) in [6.07, 6.45) is 0. The first-order valence-electron chi connectivity index (χ1n) is 6.43. The first kappa shape index (κ1) is 15.5. The topological polar surface area (TPSA) is 12.0 Å². The molecule has 0 amide bonds. The Bertz CT molecular complexity index is 636. The van der Waals surface area contributed by atoms with E-state index in [-0.39, 0.29) is 11.1 Å². The van der Waals surface area contributed by atoms with Gasteiger partial charge in [0.25, 0.3) is 0 Å². The lowest BCUT2D eigenvalue weighted by Gasteiger charge is -2.21. The summed E-state index contributed by atoms with van der Waals surface area (Å²) in [7, 11) is 1.54. The van der Waals surface area contributed by atoms with Crippen LogP contribution in [0.1, 0.15) is 28.3 Å². The predicted octanol–water partition coefficient (Wildman–Crippen LogP) is 4.17. The molecule has 0 aliphatic carbocycles. The Morgan fingerprint density at radius 2 is 1.43 bits per heavy atom. The average molecular weight is 297 g/mol. The van der Waals surface area contributed by atoms with Gasteiger partial charge in [-0.25, -0.2) is 17.6 Å². The van der Waals surface area contributed by atoms with Gasteiger partial charge in [0.2, 0.25) is 0 Å². The molecule has 1 N–H and O–H groups in total. The maximum absolute atomic E-state index is 14.2. The van der Waals surface area contributed by atoms with Crippen LogP contribution in [0.3, 0.4) is 0 Å². The zero-order valence-corrected chi connectivity index (χ0v) is 11.9. The molecule has 2 aromatic rings. The Morgan fingerprint density at radius 3 is 1.90 bits per heavy atom. The summed E-state index contributed by atoms with van der Waals surface area (Å²) in [6.45, 7) is 3.47. The fourth-order valence-electron chi connectivity index (χ4n) is 2.51. The van der Waals surface area contributed by atoms with Gasteiger partial charge in [0.05, 0.1) is 6.04 Å². The number of nitrogens with one attached hydrogen (secondary N) is 1. The van der Waals surface area contributed by atoms with Crippen molar-refractivity contribution >= 4 is 0 Å². The predicted molar refractivity (Wildman–Crippen MR) is 73.1 cm³/mol. The highest BCUT2D eigenvalue weighted by Gasteiger charge is 2.22. The van der Waals surface area contributed by atoms with E-state index in [9.17, 15) is 17.6 Å². The number of hydrogen-bond donors (Lipinski definition) is 1. The third kappa shape index (κ3) is 2.93. The monoisotopic (exact) mass is 297 g/mol. The standard InChI is InChI=1S/C16H15F4N/c1-8-4-9(2)14(11(17)5-8)16(21-3)10-6-12(18)15(20)13(19)7-10/h4-7,16,21H,1-3H3. The molecule has 0 bridgehead atoms. The van der Waals surface area contributed by atoms with Gasteiger partial charge >= 0.3 is 0 Å². The van der Waals surface area contributed by atoms with Gasteiger partial charge in [-0.05, 0) is 55.8 Å². The van der Waals surface area contributed by atoms with E-state index in [1.165, 1.54) is 6.07 Å². The molecule has 0 saturated carbocycles. The first-order valence-corrected chi connectivity index (χ1v) is 6.43. The van der Waals surface area contributed by atoms with Crippen molar-refractivity contribution in [2.75, 3.05) is 7.05 Å². The summed E-state index contributed by atoms with van der Waals surface area (Å²) in [5.74, 6) is -4.60. The smallest absolute Gasteiger partial charge is 0.194 e. The van der Waals surface area contributed by atoms with E-state index < -0.39 is 29.3 Å². The van der Waals surface area contributed by atoms with Crippen molar-refractivity contribution in [3.05, 3.63) is 69.8 Å². The molecule has 0 fully saturated rings. The number of hydrogen-bond acceptors (Lipinski definition) is 1. The molecular weight excluding hydrogens is 282 g/mol. The molecule has 0 heterocycles. The fraction of sp³-hybridized carbons (Fsp3) is 0.250. The molecule has 1 nitrogen and oxygen atoms in total. The normalized spacial score (nSPS) is 12.5. The van der Waals surface area contributed by atoms with Crippen molar-refractivity contribution in [3.63, 3.8) is 0 Å². The fourth-order valence-corrected chi connectivity index (χ4v) is 2.51. The molecule has 21 heavy (non-hydrogen) atoms. The minimum Gasteiger partial charge on any atom is -0.309 e. The number of rotatable bonds is 3. The van der Waals surface area contributed by atoms with Crippen molar-refractivity contribution in [2.24, 2.45) is 0 Å². The van der Waals surface area contributed by atoms with Gasteiger partial charge in [-0.2, -0.15) is 0 Å². The number of aryl methyl sites for hydroxylation is 2. The van der Waals surface area contributed by atoms with Gasteiger partial charge in [-0.3, -0.25) is 0 Å². The van der Waals surface area contributed by atoms with Gasteiger partial charge in [0.15, 0.2) is 17.5 Å². The van der Waals surface area contributed by atoms with Crippen LogP contribution in [0.2, 0.25) is 0 Å². The highest BCUT2D eigenvalue weighted by molar-refractivity contribution is 5.40. The lowest BCUT2D eigenvalue weighted by Crippen LogP contribution is -2.21. The zero-order chi connectivity index (χ0) is 15.7. The van der Waals surface area contributed by atoms with Crippen LogP contribution in [0.15, 0.2) is 24.3 Å². The Morgan fingerprint density at radius 1 is 0.857 bits per heavy atom. The van der Waals surface area contributed by atoms with Crippen LogP contribution >= 0.6 is 0 Å². The SMILES string of the molecule is CNC(c1cc(F)c(F)c(F)c1)c1c(C)cc(C)cc1F. The maximum atomic E-state index is 14.2. The largest absolute Gasteiger partial charge is 0.309 e. The molecule has 1 unspecified atom stereocenters. The van der Waals surface area contributed by atoms with Gasteiger partial charge in [-0.15, -0.1) is 0 Å². The van der Waals surface area contributed by atoms with Crippen molar-refractivity contribution < 1.29 is 17.6 Å². The quantitative estimate of drug-likeness (QED) is 0.662. The van der Waals surface area contributed by atoms with Crippen molar-refractivity contribution in [1.82, 2.24) is 5.32 Å². The number of halogens is 4. The highest BCUT2D eigenvalue weighted by atomic mass is 19.2. The van der Waals surface area contributed by atoms with E-state index in [1.807, 2.05) is 0 Å². The van der Waals surface area contributed by atoms with Gasteiger partial charge in [0.1, 0.15) is 5.82 Å². The lowest BCUT2D eigenvalue weighted by molar-refractivity contribution is 0.442. The van der Waals surface area contributed by atoms with Gasteiger partial charge in [0, 0.05) is 5.56 Å². The summed E-state index contributed by atoms with van der Waals surface area (Å²) in [5, 5.41) is 2.81. The van der Waals surface area contributed by atoms with E-state index in [1.54, 1.807) is 27.0 Å². The molecule has 0 radical (unpaired) electrons. The van der Waals surface area contributed by atoms with Crippen molar-refractivity contribution in [1.29, 1.82) is 0 Å². The third-order valence-electron chi connectivity index (χ3n) is 3.40. The molecular formula is C16H15F4N. The second-order valence-electron chi connectivity index (χ2n) is 5.00. The molecule has 0 saturated heterocycles. The Labute approximate surface area is 120 Å². The van der Waals surface area contributed by atoms with Crippen molar-refractivity contribution in [2.45, 2.75) is 19.9 Å². The summed E-state index contributed by atoms with van der Waals surface area (Å²) in [4.78, 5) is 0. The molecule has 112 valence electrons. The molecule has 2 rings (SSSR count). The molecule has 2 aromatic carbocycles. The summed E-state index contributed by atoms with van der Waals surface area (Å²) < 4.78 is 54.0. The second kappa shape index (κ2) is 5.85. The zero-order valence-electron chi connectivity index (χ0n) is 11.9. The second-order valence-corrected chi connectivity index (χ2v) is 5.00. The van der Waals surface area contributed by atoms with E-state index >= 15 is 0 Å². The van der Waals surface area contributed by atoms with Crippen LogP contribution < -0.4 is 5.32 Å². The van der Waals surface area contributed by atoms with Crippen LogP contribution in [-0.2, 0) is 0 Å². The summed E-state index contributed by atoms with van der Waals surface area (Å²) in [5.41, 5.74) is 1.81. The highest BCUT2D eigenvalue weighted by Crippen LogP contribution is 2.29. The summed E-state index contributed by atoms with van der Waals surface area (Å²) >= 11 is 0. The van der Waals surface area contributed by atoms with Crippen LogP contribution in [-0.4, -0.2) is 7.05 Å². The molecule has 0 aliphatic heterocycles. The summed E-state index contributed by atoms with van der Waals surface area (Å²) in [6, 6.07) is 4.11. The van der Waals surface area contributed by atoms with Crippen LogP contribution in [0, 0.1) is 37.1 Å². The van der Waals surface area contributed by atoms with E-state index in [0.29, 0.717) is 5.56 Å². The average Bonchev–Trinajstić information content (AvgIpc) is 2.39. The van der Waals surface area contributed by atoms with Crippen molar-refractivity contribution in [3.8, 4) is 0 Å². The van der Waals surface area contributed by atoms with Gasteiger partial charge < -0.3 is 5.32 Å².